The second-order valence-corrected chi connectivity index (χ2v) is 9.08. The van der Waals surface area contributed by atoms with Gasteiger partial charge in [-0.15, -0.1) is 0 Å². The van der Waals surface area contributed by atoms with Crippen LogP contribution in [0, 0.1) is 6.92 Å². The summed E-state index contributed by atoms with van der Waals surface area (Å²) in [4.78, 5) is 18.1. The lowest BCUT2D eigenvalue weighted by Gasteiger charge is -2.15. The SMILES string of the molecule is Cc1cc(OCP(=O)(O)O)cc2c1Cc1cc(-c3ccccc3)c(O)cc1CC2. The Hall–Kier alpha value is -2.59. The Labute approximate surface area is 169 Å². The van der Waals surface area contributed by atoms with Crippen molar-refractivity contribution in [2.24, 2.45) is 0 Å². The van der Waals surface area contributed by atoms with Gasteiger partial charge in [-0.05, 0) is 83.8 Å². The fourth-order valence-electron chi connectivity index (χ4n) is 3.95. The highest BCUT2D eigenvalue weighted by molar-refractivity contribution is 7.51. The lowest BCUT2D eigenvalue weighted by molar-refractivity contribution is 0.300. The van der Waals surface area contributed by atoms with Gasteiger partial charge in [-0.2, -0.15) is 0 Å². The van der Waals surface area contributed by atoms with Crippen LogP contribution in [0.4, 0.5) is 0 Å². The van der Waals surface area contributed by atoms with Crippen LogP contribution in [-0.2, 0) is 23.8 Å². The topological polar surface area (TPSA) is 87.0 Å². The predicted octanol–water partition coefficient (Wildman–Crippen LogP) is 4.57. The largest absolute Gasteiger partial charge is 0.507 e. The van der Waals surface area contributed by atoms with E-state index >= 15 is 0 Å². The van der Waals surface area contributed by atoms with E-state index in [1.54, 1.807) is 0 Å². The molecule has 3 N–H and O–H groups in total. The number of phenols is 1. The molecule has 0 saturated heterocycles. The van der Waals surface area contributed by atoms with Crippen molar-refractivity contribution in [1.82, 2.24) is 0 Å². The fourth-order valence-corrected chi connectivity index (χ4v) is 4.27. The van der Waals surface area contributed by atoms with Crippen molar-refractivity contribution < 1.29 is 24.2 Å². The molecule has 3 aromatic carbocycles. The molecule has 3 aromatic rings. The summed E-state index contributed by atoms with van der Waals surface area (Å²) in [6.45, 7) is 1.99. The summed E-state index contributed by atoms with van der Waals surface area (Å²) in [6.07, 6.45) is 1.68. The van der Waals surface area contributed by atoms with E-state index in [-0.39, 0.29) is 5.75 Å². The van der Waals surface area contributed by atoms with Crippen LogP contribution < -0.4 is 4.74 Å². The van der Waals surface area contributed by atoms with Crippen molar-refractivity contribution in [2.75, 3.05) is 6.35 Å². The van der Waals surface area contributed by atoms with E-state index < -0.39 is 13.9 Å². The van der Waals surface area contributed by atoms with Gasteiger partial charge in [-0.1, -0.05) is 30.3 Å². The number of rotatable bonds is 4. The molecule has 0 amide bonds. The standard InChI is InChI=1S/C23H23O5P/c1-15-9-20(28-14-29(25,26)27)10-18-8-7-17-13-23(24)22(12-19(17)11-21(15)18)16-5-3-2-4-6-16/h2-6,9-10,12-13,24H,7-8,11,14H2,1H3,(H2,25,26,27). The van der Waals surface area contributed by atoms with Gasteiger partial charge >= 0.3 is 7.60 Å². The van der Waals surface area contributed by atoms with Crippen molar-refractivity contribution in [2.45, 2.75) is 26.2 Å². The maximum atomic E-state index is 11.1. The first kappa shape index (κ1) is 19.7. The van der Waals surface area contributed by atoms with Crippen molar-refractivity contribution >= 4 is 7.60 Å². The van der Waals surface area contributed by atoms with E-state index in [1.807, 2.05) is 55.5 Å². The average Bonchev–Trinajstić information content (AvgIpc) is 2.85. The molecule has 0 aliphatic heterocycles. The van der Waals surface area contributed by atoms with Crippen LogP contribution in [0.15, 0.2) is 54.6 Å². The molecule has 1 aliphatic rings. The molecule has 0 heterocycles. The lowest BCUT2D eigenvalue weighted by Crippen LogP contribution is -2.02. The Kier molecular flexibility index (Phi) is 5.22. The van der Waals surface area contributed by atoms with Gasteiger partial charge in [0, 0.05) is 5.56 Å². The van der Waals surface area contributed by atoms with Gasteiger partial charge in [-0.3, -0.25) is 4.57 Å². The first-order valence-corrected chi connectivity index (χ1v) is 11.3. The zero-order valence-electron chi connectivity index (χ0n) is 16.1. The van der Waals surface area contributed by atoms with Gasteiger partial charge in [0.2, 0.25) is 0 Å². The van der Waals surface area contributed by atoms with Gasteiger partial charge in [0.15, 0.2) is 6.35 Å². The Bertz CT molecular complexity index is 1100. The van der Waals surface area contributed by atoms with Crippen LogP contribution in [0.3, 0.4) is 0 Å². The van der Waals surface area contributed by atoms with Crippen LogP contribution in [0.25, 0.3) is 11.1 Å². The van der Waals surface area contributed by atoms with Gasteiger partial charge in [-0.25, -0.2) is 0 Å². The molecular formula is C23H23O5P. The van der Waals surface area contributed by atoms with Gasteiger partial charge < -0.3 is 19.6 Å². The Morgan fingerprint density at radius 2 is 1.69 bits per heavy atom. The molecule has 0 saturated carbocycles. The number of hydrogen-bond acceptors (Lipinski definition) is 3. The molecule has 0 bridgehead atoms. The molecule has 0 radical (unpaired) electrons. The van der Waals surface area contributed by atoms with Gasteiger partial charge in [0.05, 0.1) is 0 Å². The number of aromatic hydroxyl groups is 1. The third-order valence-corrected chi connectivity index (χ3v) is 5.84. The van der Waals surface area contributed by atoms with Crippen LogP contribution in [0.1, 0.15) is 27.8 Å². The molecule has 6 heteroatoms. The molecule has 4 rings (SSSR count). The summed E-state index contributed by atoms with van der Waals surface area (Å²) < 4.78 is 16.4. The van der Waals surface area contributed by atoms with Crippen molar-refractivity contribution in [3.63, 3.8) is 0 Å². The first-order chi connectivity index (χ1) is 13.8. The summed E-state index contributed by atoms with van der Waals surface area (Å²) >= 11 is 0. The molecule has 5 nitrogen and oxygen atoms in total. The predicted molar refractivity (Wildman–Crippen MR) is 112 cm³/mol. The Morgan fingerprint density at radius 1 is 0.966 bits per heavy atom. The highest BCUT2D eigenvalue weighted by atomic mass is 31.2. The van der Waals surface area contributed by atoms with Crippen LogP contribution in [0.2, 0.25) is 0 Å². The number of aryl methyl sites for hydroxylation is 3. The summed E-state index contributed by atoms with van der Waals surface area (Å²) in [7, 11) is -4.22. The molecule has 0 fully saturated rings. The lowest BCUT2D eigenvalue weighted by atomic mass is 9.93. The fraction of sp³-hybridized carbons (Fsp3) is 0.217. The third kappa shape index (κ3) is 4.38. The minimum Gasteiger partial charge on any atom is -0.507 e. The van der Waals surface area contributed by atoms with E-state index in [4.69, 9.17) is 14.5 Å². The van der Waals surface area contributed by atoms with E-state index in [0.717, 1.165) is 47.1 Å². The zero-order chi connectivity index (χ0) is 20.6. The normalized spacial score (nSPS) is 13.3. The maximum Gasteiger partial charge on any atom is 0.362 e. The molecule has 0 spiro atoms. The molecule has 150 valence electrons. The first-order valence-electron chi connectivity index (χ1n) is 9.50. The highest BCUT2D eigenvalue weighted by Crippen LogP contribution is 2.38. The smallest absolute Gasteiger partial charge is 0.362 e. The third-order valence-electron chi connectivity index (χ3n) is 5.37. The molecule has 0 aromatic heterocycles. The minimum absolute atomic E-state index is 0.281. The van der Waals surface area contributed by atoms with Crippen molar-refractivity contribution in [3.8, 4) is 22.6 Å². The molecule has 29 heavy (non-hydrogen) atoms. The number of benzene rings is 3. The van der Waals surface area contributed by atoms with Crippen LogP contribution >= 0.6 is 7.60 Å². The summed E-state index contributed by atoms with van der Waals surface area (Å²) in [5, 5.41) is 10.6. The van der Waals surface area contributed by atoms with E-state index in [1.165, 1.54) is 11.1 Å². The zero-order valence-corrected chi connectivity index (χ0v) is 17.0. The average molecular weight is 410 g/mol. The van der Waals surface area contributed by atoms with Gasteiger partial charge in [0.1, 0.15) is 11.5 Å². The number of ether oxygens (including phenoxy) is 1. The van der Waals surface area contributed by atoms with Crippen LogP contribution in [0.5, 0.6) is 11.5 Å². The summed E-state index contributed by atoms with van der Waals surface area (Å²) in [5.74, 6) is 0.756. The van der Waals surface area contributed by atoms with Crippen molar-refractivity contribution in [3.05, 3.63) is 82.4 Å². The molecule has 1 aliphatic carbocycles. The number of fused-ring (bicyclic) bond motifs is 2. The maximum absolute atomic E-state index is 11.1. The molecule has 0 atom stereocenters. The van der Waals surface area contributed by atoms with Gasteiger partial charge in [0.25, 0.3) is 0 Å². The summed E-state index contributed by atoms with van der Waals surface area (Å²) in [6, 6.07) is 17.5. The highest BCUT2D eigenvalue weighted by Gasteiger charge is 2.20. The molecule has 0 unspecified atom stereocenters. The quantitative estimate of drug-likeness (QED) is 0.549. The van der Waals surface area contributed by atoms with Crippen molar-refractivity contribution in [1.29, 1.82) is 0 Å². The number of hydrogen-bond donors (Lipinski definition) is 3. The van der Waals surface area contributed by atoms with Crippen LogP contribution in [-0.4, -0.2) is 21.2 Å². The Morgan fingerprint density at radius 3 is 2.41 bits per heavy atom. The van der Waals surface area contributed by atoms with E-state index in [9.17, 15) is 9.67 Å². The second-order valence-electron chi connectivity index (χ2n) is 7.50. The van der Waals surface area contributed by atoms with E-state index in [0.29, 0.717) is 5.75 Å². The number of phenolic OH excluding ortho intramolecular Hbond substituents is 1. The van der Waals surface area contributed by atoms with E-state index in [2.05, 4.69) is 6.07 Å². The minimum atomic E-state index is -4.22. The Balaban J connectivity index is 1.69. The monoisotopic (exact) mass is 410 g/mol. The molecular weight excluding hydrogens is 387 g/mol. The summed E-state index contributed by atoms with van der Waals surface area (Å²) in [5.41, 5.74) is 7.47. The second kappa shape index (κ2) is 7.68.